The minimum Gasteiger partial charge on any atom is -0.343 e. The Kier molecular flexibility index (Phi) is 4.05. The lowest BCUT2D eigenvalue weighted by Gasteiger charge is -2.36. The van der Waals surface area contributed by atoms with E-state index in [1.54, 1.807) is 18.3 Å². The van der Waals surface area contributed by atoms with Crippen LogP contribution in [0.5, 0.6) is 0 Å². The SMILES string of the molecule is CC1(NC(=O)C=Cc2ccccn2)CCCc2ccccc21. The van der Waals surface area contributed by atoms with Gasteiger partial charge in [-0.3, -0.25) is 9.78 Å². The molecule has 22 heavy (non-hydrogen) atoms. The van der Waals surface area contributed by atoms with E-state index in [0.717, 1.165) is 25.0 Å². The predicted molar refractivity (Wildman–Crippen MR) is 88.1 cm³/mol. The summed E-state index contributed by atoms with van der Waals surface area (Å²) >= 11 is 0. The van der Waals surface area contributed by atoms with Gasteiger partial charge in [-0.25, -0.2) is 0 Å². The van der Waals surface area contributed by atoms with E-state index in [-0.39, 0.29) is 11.4 Å². The summed E-state index contributed by atoms with van der Waals surface area (Å²) in [5.74, 6) is -0.0788. The van der Waals surface area contributed by atoms with Gasteiger partial charge in [-0.05, 0) is 55.5 Å². The summed E-state index contributed by atoms with van der Waals surface area (Å²) in [4.78, 5) is 16.5. The molecule has 1 aromatic carbocycles. The molecule has 3 nitrogen and oxygen atoms in total. The number of rotatable bonds is 3. The van der Waals surface area contributed by atoms with Crippen molar-refractivity contribution in [3.05, 3.63) is 71.6 Å². The molecule has 1 aliphatic carbocycles. The van der Waals surface area contributed by atoms with Crippen molar-refractivity contribution in [1.29, 1.82) is 0 Å². The van der Waals surface area contributed by atoms with E-state index in [0.29, 0.717) is 0 Å². The average molecular weight is 292 g/mol. The molecule has 1 N–H and O–H groups in total. The van der Waals surface area contributed by atoms with Gasteiger partial charge in [0.2, 0.25) is 5.91 Å². The third-order valence-corrected chi connectivity index (χ3v) is 4.23. The minimum absolute atomic E-state index is 0.0788. The Hall–Kier alpha value is -2.42. The molecular formula is C19H20N2O. The van der Waals surface area contributed by atoms with Gasteiger partial charge in [0, 0.05) is 12.3 Å². The van der Waals surface area contributed by atoms with Crippen LogP contribution in [-0.4, -0.2) is 10.9 Å². The molecule has 0 radical (unpaired) electrons. The van der Waals surface area contributed by atoms with E-state index < -0.39 is 0 Å². The molecule has 0 fully saturated rings. The van der Waals surface area contributed by atoms with E-state index in [2.05, 4.69) is 35.4 Å². The maximum Gasteiger partial charge on any atom is 0.244 e. The van der Waals surface area contributed by atoms with E-state index >= 15 is 0 Å². The molecular weight excluding hydrogens is 272 g/mol. The summed E-state index contributed by atoms with van der Waals surface area (Å²) in [7, 11) is 0. The van der Waals surface area contributed by atoms with Crippen LogP contribution in [0.1, 0.15) is 36.6 Å². The van der Waals surface area contributed by atoms with E-state index in [1.807, 2.05) is 24.3 Å². The first-order valence-corrected chi connectivity index (χ1v) is 7.67. The van der Waals surface area contributed by atoms with Gasteiger partial charge >= 0.3 is 0 Å². The van der Waals surface area contributed by atoms with Crippen LogP contribution in [0.15, 0.2) is 54.7 Å². The molecule has 3 heteroatoms. The predicted octanol–water partition coefficient (Wildman–Crippen LogP) is 3.46. The van der Waals surface area contributed by atoms with Crippen molar-refractivity contribution in [2.24, 2.45) is 0 Å². The highest BCUT2D eigenvalue weighted by atomic mass is 16.1. The fraction of sp³-hybridized carbons (Fsp3) is 0.263. The van der Waals surface area contributed by atoms with Crippen molar-refractivity contribution >= 4 is 12.0 Å². The Morgan fingerprint density at radius 3 is 2.86 bits per heavy atom. The molecule has 1 atom stereocenters. The van der Waals surface area contributed by atoms with E-state index in [9.17, 15) is 4.79 Å². The van der Waals surface area contributed by atoms with Gasteiger partial charge in [-0.2, -0.15) is 0 Å². The number of benzene rings is 1. The molecule has 3 rings (SSSR count). The minimum atomic E-state index is -0.291. The highest BCUT2D eigenvalue weighted by Crippen LogP contribution is 2.34. The standard InChI is InChI=1S/C19H20N2O/c1-19(13-6-8-15-7-2-3-10-17(15)19)21-18(22)12-11-16-9-4-5-14-20-16/h2-5,7,9-12,14H,6,8,13H2,1H3,(H,21,22). The van der Waals surface area contributed by atoms with Gasteiger partial charge in [0.25, 0.3) is 0 Å². The smallest absolute Gasteiger partial charge is 0.244 e. The second-order valence-electron chi connectivity index (χ2n) is 5.92. The van der Waals surface area contributed by atoms with Gasteiger partial charge < -0.3 is 5.32 Å². The molecule has 0 saturated carbocycles. The van der Waals surface area contributed by atoms with E-state index in [1.165, 1.54) is 11.1 Å². The first kappa shape index (κ1) is 14.5. The zero-order valence-corrected chi connectivity index (χ0v) is 12.8. The monoisotopic (exact) mass is 292 g/mol. The molecule has 0 bridgehead atoms. The number of hydrogen-bond donors (Lipinski definition) is 1. The number of nitrogens with one attached hydrogen (secondary N) is 1. The van der Waals surface area contributed by atoms with Crippen LogP contribution < -0.4 is 5.32 Å². The van der Waals surface area contributed by atoms with Crippen LogP contribution in [0.25, 0.3) is 6.08 Å². The van der Waals surface area contributed by atoms with Crippen molar-refractivity contribution in [2.75, 3.05) is 0 Å². The first-order valence-electron chi connectivity index (χ1n) is 7.67. The van der Waals surface area contributed by atoms with Crippen LogP contribution in [-0.2, 0) is 16.8 Å². The Balaban J connectivity index is 1.75. The summed E-state index contributed by atoms with van der Waals surface area (Å²) in [5.41, 5.74) is 3.07. The zero-order chi connectivity index (χ0) is 15.4. The highest BCUT2D eigenvalue weighted by Gasteiger charge is 2.32. The number of hydrogen-bond acceptors (Lipinski definition) is 2. The second-order valence-corrected chi connectivity index (χ2v) is 5.92. The summed E-state index contributed by atoms with van der Waals surface area (Å²) < 4.78 is 0. The van der Waals surface area contributed by atoms with Crippen molar-refractivity contribution in [1.82, 2.24) is 10.3 Å². The topological polar surface area (TPSA) is 42.0 Å². The van der Waals surface area contributed by atoms with Crippen molar-refractivity contribution in [3.63, 3.8) is 0 Å². The quantitative estimate of drug-likeness (QED) is 0.880. The first-order chi connectivity index (χ1) is 10.7. The van der Waals surface area contributed by atoms with Gasteiger partial charge in [0.15, 0.2) is 0 Å². The summed E-state index contributed by atoms with van der Waals surface area (Å²) in [6, 6.07) is 14.0. The number of nitrogens with zero attached hydrogens (tertiary/aromatic N) is 1. The van der Waals surface area contributed by atoms with Gasteiger partial charge in [-0.1, -0.05) is 30.3 Å². The van der Waals surface area contributed by atoms with Crippen LogP contribution in [0.4, 0.5) is 0 Å². The molecule has 1 amide bonds. The number of carbonyl (C=O) groups excluding carboxylic acids is 1. The van der Waals surface area contributed by atoms with Crippen LogP contribution in [0.3, 0.4) is 0 Å². The lowest BCUT2D eigenvalue weighted by atomic mass is 9.78. The van der Waals surface area contributed by atoms with Crippen molar-refractivity contribution in [2.45, 2.75) is 31.7 Å². The fourth-order valence-electron chi connectivity index (χ4n) is 3.12. The van der Waals surface area contributed by atoms with Gasteiger partial charge in [0.1, 0.15) is 0 Å². The normalized spacial score (nSPS) is 20.6. The van der Waals surface area contributed by atoms with Crippen LogP contribution >= 0.6 is 0 Å². The molecule has 1 aliphatic rings. The zero-order valence-electron chi connectivity index (χ0n) is 12.8. The molecule has 0 saturated heterocycles. The largest absolute Gasteiger partial charge is 0.343 e. The molecule has 1 aromatic heterocycles. The van der Waals surface area contributed by atoms with Gasteiger partial charge in [-0.15, -0.1) is 0 Å². The molecule has 2 aromatic rings. The maximum atomic E-state index is 12.3. The number of pyridine rings is 1. The number of carbonyl (C=O) groups is 1. The second kappa shape index (κ2) is 6.14. The number of fused-ring (bicyclic) bond motifs is 1. The van der Waals surface area contributed by atoms with Gasteiger partial charge in [0.05, 0.1) is 11.2 Å². The number of aromatic nitrogens is 1. The van der Waals surface area contributed by atoms with Crippen LogP contribution in [0.2, 0.25) is 0 Å². The Labute approximate surface area is 131 Å². The van der Waals surface area contributed by atoms with E-state index in [4.69, 9.17) is 0 Å². The number of aryl methyl sites for hydroxylation is 1. The average Bonchev–Trinajstić information content (AvgIpc) is 2.54. The highest BCUT2D eigenvalue weighted by molar-refractivity contribution is 5.92. The Morgan fingerprint density at radius 2 is 2.05 bits per heavy atom. The molecule has 112 valence electrons. The summed E-state index contributed by atoms with van der Waals surface area (Å²) in [6.45, 7) is 2.11. The Morgan fingerprint density at radius 1 is 1.23 bits per heavy atom. The fourth-order valence-corrected chi connectivity index (χ4v) is 3.12. The Bertz CT molecular complexity index is 694. The number of amides is 1. The molecule has 1 heterocycles. The van der Waals surface area contributed by atoms with Crippen molar-refractivity contribution < 1.29 is 4.79 Å². The third-order valence-electron chi connectivity index (χ3n) is 4.23. The van der Waals surface area contributed by atoms with Crippen LogP contribution in [0, 0.1) is 0 Å². The summed E-state index contributed by atoms with van der Waals surface area (Å²) in [5, 5.41) is 3.17. The third kappa shape index (κ3) is 3.08. The van der Waals surface area contributed by atoms with Crippen molar-refractivity contribution in [3.8, 4) is 0 Å². The molecule has 0 spiro atoms. The lowest BCUT2D eigenvalue weighted by Crippen LogP contribution is -2.45. The molecule has 1 unspecified atom stereocenters. The maximum absolute atomic E-state index is 12.3. The summed E-state index contributed by atoms with van der Waals surface area (Å²) in [6.07, 6.45) is 8.17. The lowest BCUT2D eigenvalue weighted by molar-refractivity contribution is -0.118. The molecule has 0 aliphatic heterocycles.